The lowest BCUT2D eigenvalue weighted by atomic mass is 10.1. The summed E-state index contributed by atoms with van der Waals surface area (Å²) in [5.41, 5.74) is 1.84. The molecule has 0 radical (unpaired) electrons. The van der Waals surface area contributed by atoms with Crippen LogP contribution in [0, 0.1) is 0 Å². The summed E-state index contributed by atoms with van der Waals surface area (Å²) >= 11 is 0. The molecule has 0 aliphatic carbocycles. The summed E-state index contributed by atoms with van der Waals surface area (Å²) in [4.78, 5) is 16.1. The lowest BCUT2D eigenvalue weighted by molar-refractivity contribution is -0.142. The number of carbonyl (C=O) groups excluding carboxylic acids is 1. The first-order valence-electron chi connectivity index (χ1n) is 6.63. The maximum atomic E-state index is 11.8. The quantitative estimate of drug-likeness (QED) is 0.678. The Morgan fingerprint density at radius 1 is 1.19 bits per heavy atom. The summed E-state index contributed by atoms with van der Waals surface area (Å²) in [7, 11) is 1.35. The summed E-state index contributed by atoms with van der Waals surface area (Å²) in [6.45, 7) is 0. The molecule has 0 spiro atoms. The van der Waals surface area contributed by atoms with Crippen LogP contribution in [0.5, 0.6) is 5.75 Å². The minimum atomic E-state index is -0.597. The van der Waals surface area contributed by atoms with Gasteiger partial charge in [-0.15, -0.1) is 0 Å². The number of phenolic OH excluding ortho intramolecular Hbond substituents is 1. The van der Waals surface area contributed by atoms with Crippen molar-refractivity contribution in [2.24, 2.45) is 4.99 Å². The fourth-order valence-corrected chi connectivity index (χ4v) is 1.90. The molecule has 108 valence electrons. The molecule has 1 unspecified atom stereocenters. The van der Waals surface area contributed by atoms with Crippen LogP contribution in [-0.2, 0) is 16.0 Å². The van der Waals surface area contributed by atoms with Crippen LogP contribution in [0.4, 0.5) is 0 Å². The van der Waals surface area contributed by atoms with Gasteiger partial charge in [-0.05, 0) is 23.3 Å². The number of hydrogen-bond acceptors (Lipinski definition) is 4. The highest BCUT2D eigenvalue weighted by molar-refractivity contribution is 5.84. The van der Waals surface area contributed by atoms with Crippen molar-refractivity contribution in [3.63, 3.8) is 0 Å². The number of phenols is 1. The first kappa shape index (κ1) is 14.8. The molecule has 2 aromatic carbocycles. The Balaban J connectivity index is 2.13. The average molecular weight is 283 g/mol. The number of nitrogens with zero attached hydrogens (tertiary/aromatic N) is 1. The zero-order chi connectivity index (χ0) is 15.1. The number of hydrogen-bond donors (Lipinski definition) is 1. The van der Waals surface area contributed by atoms with Crippen LogP contribution in [0.2, 0.25) is 0 Å². The molecule has 0 fully saturated rings. The number of rotatable bonds is 5. The van der Waals surface area contributed by atoms with Crippen molar-refractivity contribution in [3.05, 3.63) is 65.7 Å². The lowest BCUT2D eigenvalue weighted by Crippen LogP contribution is -2.23. The third-order valence-electron chi connectivity index (χ3n) is 3.04. The molecule has 0 aromatic heterocycles. The molecule has 4 heteroatoms. The Hall–Kier alpha value is -2.62. The highest BCUT2D eigenvalue weighted by atomic mass is 16.5. The van der Waals surface area contributed by atoms with Crippen molar-refractivity contribution in [2.75, 3.05) is 7.11 Å². The molecule has 4 nitrogen and oxygen atoms in total. The number of aliphatic imine (C=N–C) groups is 1. The van der Waals surface area contributed by atoms with Crippen LogP contribution in [0.3, 0.4) is 0 Å². The largest absolute Gasteiger partial charge is 0.508 e. The molecule has 0 saturated heterocycles. The summed E-state index contributed by atoms with van der Waals surface area (Å²) < 4.78 is 4.79. The minimum absolute atomic E-state index is 0.196. The molecule has 0 amide bonds. The number of carbonyl (C=O) groups is 1. The Bertz CT molecular complexity index is 606. The van der Waals surface area contributed by atoms with Gasteiger partial charge in [-0.2, -0.15) is 0 Å². The molecule has 1 atom stereocenters. The van der Waals surface area contributed by atoms with Crippen LogP contribution in [0.15, 0.2) is 59.6 Å². The van der Waals surface area contributed by atoms with E-state index in [9.17, 15) is 9.90 Å². The molecule has 21 heavy (non-hydrogen) atoms. The second-order valence-corrected chi connectivity index (χ2v) is 4.60. The minimum Gasteiger partial charge on any atom is -0.508 e. The van der Waals surface area contributed by atoms with E-state index in [1.54, 1.807) is 30.5 Å². The fourth-order valence-electron chi connectivity index (χ4n) is 1.90. The predicted molar refractivity (Wildman–Crippen MR) is 81.7 cm³/mol. The summed E-state index contributed by atoms with van der Waals surface area (Å²) in [5, 5.41) is 9.28. The van der Waals surface area contributed by atoms with E-state index in [4.69, 9.17) is 4.74 Å². The summed E-state index contributed by atoms with van der Waals surface area (Å²) in [6, 6.07) is 15.7. The Kier molecular flexibility index (Phi) is 5.10. The average Bonchev–Trinajstić information content (AvgIpc) is 2.53. The summed E-state index contributed by atoms with van der Waals surface area (Å²) in [6.07, 6.45) is 2.10. The molecule has 0 saturated carbocycles. The number of ether oxygens (including phenoxy) is 1. The van der Waals surface area contributed by atoms with Gasteiger partial charge in [0.15, 0.2) is 6.04 Å². The van der Waals surface area contributed by atoms with Gasteiger partial charge in [0.25, 0.3) is 0 Å². The Morgan fingerprint density at radius 2 is 1.86 bits per heavy atom. The van der Waals surface area contributed by atoms with Crippen LogP contribution in [0.25, 0.3) is 0 Å². The highest BCUT2D eigenvalue weighted by Crippen LogP contribution is 2.13. The van der Waals surface area contributed by atoms with Gasteiger partial charge in [0, 0.05) is 12.6 Å². The molecule has 2 aromatic rings. The van der Waals surface area contributed by atoms with Gasteiger partial charge in [0.1, 0.15) is 5.75 Å². The van der Waals surface area contributed by atoms with Crippen LogP contribution in [0.1, 0.15) is 11.1 Å². The molecular weight excluding hydrogens is 266 g/mol. The zero-order valence-electron chi connectivity index (χ0n) is 11.8. The third kappa shape index (κ3) is 4.45. The van der Waals surface area contributed by atoms with E-state index in [0.29, 0.717) is 6.42 Å². The van der Waals surface area contributed by atoms with Crippen molar-refractivity contribution in [2.45, 2.75) is 12.5 Å². The second-order valence-electron chi connectivity index (χ2n) is 4.60. The van der Waals surface area contributed by atoms with Gasteiger partial charge in [-0.1, -0.05) is 42.5 Å². The van der Waals surface area contributed by atoms with Crippen molar-refractivity contribution in [3.8, 4) is 5.75 Å². The molecule has 1 N–H and O–H groups in total. The van der Waals surface area contributed by atoms with Gasteiger partial charge < -0.3 is 9.84 Å². The first-order chi connectivity index (χ1) is 10.2. The number of esters is 1. The SMILES string of the molecule is COC(=O)C(Cc1ccc(O)cc1)/N=C\c1ccccc1. The smallest absolute Gasteiger partial charge is 0.330 e. The van der Waals surface area contributed by atoms with Gasteiger partial charge in [-0.3, -0.25) is 4.99 Å². The zero-order valence-corrected chi connectivity index (χ0v) is 11.8. The van der Waals surface area contributed by atoms with E-state index in [1.165, 1.54) is 7.11 Å². The Labute approximate surface area is 123 Å². The van der Waals surface area contributed by atoms with E-state index >= 15 is 0 Å². The molecular formula is C17H17NO3. The number of benzene rings is 2. The maximum Gasteiger partial charge on any atom is 0.330 e. The second kappa shape index (κ2) is 7.24. The van der Waals surface area contributed by atoms with Crippen LogP contribution in [-0.4, -0.2) is 30.4 Å². The number of aromatic hydroxyl groups is 1. The van der Waals surface area contributed by atoms with Gasteiger partial charge in [-0.25, -0.2) is 4.79 Å². The molecule has 0 heterocycles. The Morgan fingerprint density at radius 3 is 2.48 bits per heavy atom. The normalized spacial score (nSPS) is 12.2. The van der Waals surface area contributed by atoms with E-state index in [1.807, 2.05) is 30.3 Å². The van der Waals surface area contributed by atoms with Gasteiger partial charge >= 0.3 is 5.97 Å². The van der Waals surface area contributed by atoms with Crippen molar-refractivity contribution in [1.82, 2.24) is 0 Å². The van der Waals surface area contributed by atoms with Crippen molar-refractivity contribution < 1.29 is 14.6 Å². The third-order valence-corrected chi connectivity index (χ3v) is 3.04. The van der Waals surface area contributed by atoms with Crippen LogP contribution >= 0.6 is 0 Å². The first-order valence-corrected chi connectivity index (χ1v) is 6.63. The van der Waals surface area contributed by atoms with E-state index in [2.05, 4.69) is 4.99 Å². The maximum absolute atomic E-state index is 11.8. The standard InChI is InChI=1S/C17H17NO3/c1-21-17(20)16(11-13-7-9-15(19)10-8-13)18-12-14-5-3-2-4-6-14/h2-10,12,16,19H,11H2,1H3/b18-12-. The topological polar surface area (TPSA) is 58.9 Å². The predicted octanol–water partition coefficient (Wildman–Crippen LogP) is 2.60. The molecule has 0 bridgehead atoms. The van der Waals surface area contributed by atoms with E-state index < -0.39 is 6.04 Å². The van der Waals surface area contributed by atoms with Gasteiger partial charge in [0.05, 0.1) is 7.11 Å². The molecule has 2 rings (SSSR count). The molecule has 0 aliphatic rings. The summed E-state index contributed by atoms with van der Waals surface area (Å²) in [5.74, 6) is -0.184. The van der Waals surface area contributed by atoms with E-state index in [-0.39, 0.29) is 11.7 Å². The monoisotopic (exact) mass is 283 g/mol. The van der Waals surface area contributed by atoms with Crippen molar-refractivity contribution in [1.29, 1.82) is 0 Å². The van der Waals surface area contributed by atoms with Gasteiger partial charge in [0.2, 0.25) is 0 Å². The lowest BCUT2D eigenvalue weighted by Gasteiger charge is -2.10. The number of methoxy groups -OCH3 is 1. The molecule has 0 aliphatic heterocycles. The highest BCUT2D eigenvalue weighted by Gasteiger charge is 2.17. The van der Waals surface area contributed by atoms with Crippen molar-refractivity contribution >= 4 is 12.2 Å². The fraction of sp³-hybridized carbons (Fsp3) is 0.176. The van der Waals surface area contributed by atoms with E-state index in [0.717, 1.165) is 11.1 Å². The van der Waals surface area contributed by atoms with Crippen LogP contribution < -0.4 is 0 Å².